The fourth-order valence-corrected chi connectivity index (χ4v) is 1.84. The third kappa shape index (κ3) is 3.30. The van der Waals surface area contributed by atoms with Crippen LogP contribution in [0.4, 0.5) is 0 Å². The van der Waals surface area contributed by atoms with Crippen molar-refractivity contribution in [2.24, 2.45) is 10.7 Å². The number of nitro groups is 1. The van der Waals surface area contributed by atoms with Crippen molar-refractivity contribution in [3.63, 3.8) is 0 Å². The summed E-state index contributed by atoms with van der Waals surface area (Å²) in [5.41, 5.74) is 5.39. The second-order valence-corrected chi connectivity index (χ2v) is 3.99. The van der Waals surface area contributed by atoms with E-state index in [1.165, 1.54) is 0 Å². The van der Waals surface area contributed by atoms with Gasteiger partial charge in [-0.15, -0.1) is 0 Å². The van der Waals surface area contributed by atoms with Crippen molar-refractivity contribution in [3.05, 3.63) is 22.0 Å². The van der Waals surface area contributed by atoms with Gasteiger partial charge < -0.3 is 10.8 Å². The summed E-state index contributed by atoms with van der Waals surface area (Å²) in [7, 11) is 0. The molecule has 1 fully saturated rings. The van der Waals surface area contributed by atoms with Gasteiger partial charge in [0, 0.05) is 0 Å². The summed E-state index contributed by atoms with van der Waals surface area (Å²) in [6.07, 6.45) is 3.69. The molecule has 0 unspecified atom stereocenters. The first-order chi connectivity index (χ1) is 7.54. The Balaban J connectivity index is 2.66. The average molecular weight is 227 g/mol. The van der Waals surface area contributed by atoms with Gasteiger partial charge in [0.15, 0.2) is 0 Å². The summed E-state index contributed by atoms with van der Waals surface area (Å²) < 4.78 is 0. The van der Waals surface area contributed by atoms with Gasteiger partial charge in [-0.05, 0) is 32.6 Å². The maximum absolute atomic E-state index is 10.6. The van der Waals surface area contributed by atoms with Crippen LogP contribution in [0.1, 0.15) is 32.6 Å². The molecule has 0 bridgehead atoms. The zero-order valence-electron chi connectivity index (χ0n) is 9.30. The van der Waals surface area contributed by atoms with E-state index >= 15 is 0 Å². The first-order valence-electron chi connectivity index (χ1n) is 5.33. The first-order valence-corrected chi connectivity index (χ1v) is 5.33. The molecule has 3 N–H and O–H groups in total. The molecule has 0 radical (unpaired) electrons. The summed E-state index contributed by atoms with van der Waals surface area (Å²) in [5, 5.41) is 19.9. The molecule has 0 aliphatic heterocycles. The number of rotatable bonds is 3. The van der Waals surface area contributed by atoms with Gasteiger partial charge in [-0.25, -0.2) is 0 Å². The lowest BCUT2D eigenvalue weighted by Gasteiger charge is -2.22. The number of nitrogens with zero attached hydrogens (tertiary/aromatic N) is 2. The van der Waals surface area contributed by atoms with Crippen LogP contribution in [-0.4, -0.2) is 27.9 Å². The molecule has 0 aromatic carbocycles. The summed E-state index contributed by atoms with van der Waals surface area (Å²) in [5.74, 6) is 0. The Bertz CT molecular complexity index is 317. The van der Waals surface area contributed by atoms with E-state index in [9.17, 15) is 15.2 Å². The molecule has 0 aromatic heterocycles. The van der Waals surface area contributed by atoms with Crippen LogP contribution in [0.2, 0.25) is 0 Å². The van der Waals surface area contributed by atoms with E-state index in [2.05, 4.69) is 4.99 Å². The van der Waals surface area contributed by atoms with Crippen LogP contribution >= 0.6 is 0 Å². The molecule has 1 aliphatic rings. The van der Waals surface area contributed by atoms with Crippen LogP contribution in [-0.2, 0) is 0 Å². The molecule has 90 valence electrons. The molecule has 1 aliphatic carbocycles. The molecule has 0 spiro atoms. The van der Waals surface area contributed by atoms with Crippen LogP contribution < -0.4 is 5.73 Å². The van der Waals surface area contributed by atoms with E-state index in [-0.39, 0.29) is 17.8 Å². The standard InChI is InChI=1S/C10H17N3O3/c1-7(10(6-11)13(15)16)12-8-2-4-9(14)5-3-8/h6,8-9,14H,2-5,11H2,1H3. The predicted molar refractivity (Wildman–Crippen MR) is 60.6 cm³/mol. The summed E-state index contributed by atoms with van der Waals surface area (Å²) >= 11 is 0. The largest absolute Gasteiger partial charge is 0.399 e. The van der Waals surface area contributed by atoms with Crippen molar-refractivity contribution in [3.8, 4) is 0 Å². The fraction of sp³-hybridized carbons (Fsp3) is 0.700. The predicted octanol–water partition coefficient (Wildman–Crippen LogP) is 0.828. The summed E-state index contributed by atoms with van der Waals surface area (Å²) in [6, 6.07) is 0.0679. The highest BCUT2D eigenvalue weighted by Crippen LogP contribution is 2.21. The van der Waals surface area contributed by atoms with Crippen molar-refractivity contribution in [1.29, 1.82) is 0 Å². The van der Waals surface area contributed by atoms with Crippen LogP contribution in [0, 0.1) is 10.1 Å². The summed E-state index contributed by atoms with van der Waals surface area (Å²) in [4.78, 5) is 14.3. The number of aliphatic hydroxyl groups excluding tert-OH is 1. The van der Waals surface area contributed by atoms with Gasteiger partial charge in [0.25, 0.3) is 0 Å². The molecular formula is C10H17N3O3. The third-order valence-electron chi connectivity index (χ3n) is 2.77. The smallest absolute Gasteiger partial charge is 0.305 e. The van der Waals surface area contributed by atoms with Crippen LogP contribution in [0.3, 0.4) is 0 Å². The highest BCUT2D eigenvalue weighted by molar-refractivity contribution is 5.95. The normalized spacial score (nSPS) is 27.9. The SMILES string of the molecule is CC(=NC1CCC(O)CC1)C(=CN)[N+](=O)[O-]. The number of aliphatic imine (C=N–C) groups is 1. The Hall–Kier alpha value is -1.43. The van der Waals surface area contributed by atoms with Gasteiger partial charge in [-0.3, -0.25) is 15.1 Å². The molecule has 0 heterocycles. The van der Waals surface area contributed by atoms with Crippen molar-refractivity contribution in [1.82, 2.24) is 0 Å². The van der Waals surface area contributed by atoms with Crippen molar-refractivity contribution < 1.29 is 10.0 Å². The number of hydrogen-bond donors (Lipinski definition) is 2. The van der Waals surface area contributed by atoms with Crippen molar-refractivity contribution >= 4 is 5.71 Å². The second-order valence-electron chi connectivity index (χ2n) is 3.99. The molecule has 6 nitrogen and oxygen atoms in total. The van der Waals surface area contributed by atoms with Gasteiger partial charge >= 0.3 is 5.70 Å². The third-order valence-corrected chi connectivity index (χ3v) is 2.77. The Morgan fingerprint density at radius 1 is 1.50 bits per heavy atom. The lowest BCUT2D eigenvalue weighted by molar-refractivity contribution is -0.415. The molecule has 0 amide bonds. The molecule has 1 saturated carbocycles. The van der Waals surface area contributed by atoms with Gasteiger partial charge in [0.2, 0.25) is 0 Å². The Morgan fingerprint density at radius 2 is 2.06 bits per heavy atom. The minimum Gasteiger partial charge on any atom is -0.399 e. The molecule has 0 saturated heterocycles. The Kier molecular flexibility index (Phi) is 4.42. The van der Waals surface area contributed by atoms with E-state index in [4.69, 9.17) is 5.73 Å². The maximum Gasteiger partial charge on any atom is 0.305 e. The zero-order valence-corrected chi connectivity index (χ0v) is 9.30. The van der Waals surface area contributed by atoms with E-state index in [0.29, 0.717) is 18.6 Å². The van der Waals surface area contributed by atoms with Crippen molar-refractivity contribution in [2.45, 2.75) is 44.8 Å². The lowest BCUT2D eigenvalue weighted by Crippen LogP contribution is -2.22. The minimum atomic E-state index is -0.531. The van der Waals surface area contributed by atoms with E-state index in [1.54, 1.807) is 6.92 Å². The molecule has 0 aromatic rings. The summed E-state index contributed by atoms with van der Waals surface area (Å²) in [6.45, 7) is 1.59. The van der Waals surface area contributed by atoms with E-state index < -0.39 is 4.92 Å². The molecule has 0 atom stereocenters. The highest BCUT2D eigenvalue weighted by Gasteiger charge is 2.21. The van der Waals surface area contributed by atoms with Gasteiger partial charge in [-0.2, -0.15) is 0 Å². The molecule has 16 heavy (non-hydrogen) atoms. The molecular weight excluding hydrogens is 210 g/mol. The second kappa shape index (κ2) is 5.60. The van der Waals surface area contributed by atoms with Crippen LogP contribution in [0.5, 0.6) is 0 Å². The van der Waals surface area contributed by atoms with E-state index in [1.807, 2.05) is 0 Å². The topological polar surface area (TPSA) is 102 Å². The average Bonchev–Trinajstić information content (AvgIpc) is 2.22. The number of hydrogen-bond acceptors (Lipinski definition) is 5. The number of aliphatic hydroxyl groups is 1. The monoisotopic (exact) mass is 227 g/mol. The van der Waals surface area contributed by atoms with E-state index in [0.717, 1.165) is 19.0 Å². The molecule has 1 rings (SSSR count). The van der Waals surface area contributed by atoms with Crippen LogP contribution in [0.25, 0.3) is 0 Å². The van der Waals surface area contributed by atoms with Gasteiger partial charge in [-0.1, -0.05) is 0 Å². The van der Waals surface area contributed by atoms with Crippen LogP contribution in [0.15, 0.2) is 16.9 Å². The van der Waals surface area contributed by atoms with Crippen molar-refractivity contribution in [2.75, 3.05) is 0 Å². The quantitative estimate of drug-likeness (QED) is 0.423. The Morgan fingerprint density at radius 3 is 2.50 bits per heavy atom. The minimum absolute atomic E-state index is 0.0679. The Labute approximate surface area is 94.0 Å². The maximum atomic E-state index is 10.6. The fourth-order valence-electron chi connectivity index (χ4n) is 1.84. The first kappa shape index (κ1) is 12.6. The lowest BCUT2D eigenvalue weighted by atomic mass is 9.93. The van der Waals surface area contributed by atoms with Gasteiger partial charge in [0.1, 0.15) is 5.71 Å². The number of nitrogens with two attached hydrogens (primary N) is 1. The van der Waals surface area contributed by atoms with Gasteiger partial charge in [0.05, 0.1) is 23.3 Å². The molecule has 6 heteroatoms. The zero-order chi connectivity index (χ0) is 12.1. The number of allylic oxidation sites excluding steroid dienone is 1. The highest BCUT2D eigenvalue weighted by atomic mass is 16.6.